The predicted octanol–water partition coefficient (Wildman–Crippen LogP) is 2.79. The Hall–Kier alpha value is -2.24. The van der Waals surface area contributed by atoms with Gasteiger partial charge in [-0.2, -0.15) is 0 Å². The van der Waals surface area contributed by atoms with Crippen molar-refractivity contribution < 1.29 is 9.53 Å². The van der Waals surface area contributed by atoms with E-state index in [1.807, 2.05) is 0 Å². The largest absolute Gasteiger partial charge is 0.484 e. The normalized spacial score (nSPS) is 14.9. The number of likely N-dealkylation sites (N-methyl/N-ethyl adjacent to an activating group) is 1. The molecule has 0 radical (unpaired) electrons. The molecule has 2 aromatic rings. The van der Waals surface area contributed by atoms with E-state index in [-0.39, 0.29) is 12.5 Å². The Balaban J connectivity index is 1.43. The highest BCUT2D eigenvalue weighted by molar-refractivity contribution is 6.30. The van der Waals surface area contributed by atoms with Crippen LogP contribution in [0.15, 0.2) is 48.5 Å². The first-order chi connectivity index (χ1) is 12.6. The number of ether oxygens (including phenoxy) is 1. The summed E-state index contributed by atoms with van der Waals surface area (Å²) in [7, 11) is 2.15. The number of benzene rings is 2. The molecule has 1 saturated heterocycles. The summed E-state index contributed by atoms with van der Waals surface area (Å²) in [4.78, 5) is 16.7. The predicted molar refractivity (Wildman–Crippen MR) is 105 cm³/mol. The number of hydrogen-bond acceptors (Lipinski definition) is 4. The van der Waals surface area contributed by atoms with E-state index in [1.165, 1.54) is 5.69 Å². The minimum Gasteiger partial charge on any atom is -0.484 e. The van der Waals surface area contributed by atoms with Gasteiger partial charge in [-0.25, -0.2) is 0 Å². The number of amides is 1. The summed E-state index contributed by atoms with van der Waals surface area (Å²) in [5, 5.41) is 3.46. The molecule has 0 unspecified atom stereocenters. The monoisotopic (exact) mass is 373 g/mol. The van der Waals surface area contributed by atoms with Crippen molar-refractivity contribution in [3.05, 3.63) is 59.1 Å². The van der Waals surface area contributed by atoms with Gasteiger partial charge in [-0.1, -0.05) is 29.8 Å². The van der Waals surface area contributed by atoms with Gasteiger partial charge < -0.3 is 19.9 Å². The number of carbonyl (C=O) groups excluding carboxylic acids is 1. The fraction of sp³-hybridized carbons (Fsp3) is 0.350. The number of rotatable bonds is 6. The number of nitrogens with one attached hydrogen (secondary N) is 1. The summed E-state index contributed by atoms with van der Waals surface area (Å²) in [6.45, 7) is 4.73. The zero-order valence-electron chi connectivity index (χ0n) is 15.0. The fourth-order valence-corrected chi connectivity index (χ4v) is 3.03. The van der Waals surface area contributed by atoms with Gasteiger partial charge >= 0.3 is 0 Å². The van der Waals surface area contributed by atoms with Gasteiger partial charge in [0.1, 0.15) is 5.75 Å². The third kappa shape index (κ3) is 5.38. The molecule has 1 N–H and O–H groups in total. The SMILES string of the molecule is CN1CCN(c2ccc(CNC(=O)COc3cccc(Cl)c3)cc2)CC1. The third-order valence-corrected chi connectivity index (χ3v) is 4.70. The highest BCUT2D eigenvalue weighted by Gasteiger charge is 2.14. The number of halogens is 1. The molecule has 6 heteroatoms. The highest BCUT2D eigenvalue weighted by atomic mass is 35.5. The van der Waals surface area contributed by atoms with Gasteiger partial charge in [-0.3, -0.25) is 4.79 Å². The molecule has 138 valence electrons. The van der Waals surface area contributed by atoms with Crippen molar-refractivity contribution in [2.75, 3.05) is 44.7 Å². The minimum absolute atomic E-state index is 0.0281. The van der Waals surface area contributed by atoms with E-state index in [9.17, 15) is 4.79 Å². The van der Waals surface area contributed by atoms with Crippen molar-refractivity contribution >= 4 is 23.2 Å². The molecule has 26 heavy (non-hydrogen) atoms. The third-order valence-electron chi connectivity index (χ3n) is 4.46. The standard InChI is InChI=1S/C20H24ClN3O2/c1-23-9-11-24(12-10-23)18-7-5-16(6-8-18)14-22-20(25)15-26-19-4-2-3-17(21)13-19/h2-8,13H,9-12,14-15H2,1H3,(H,22,25). The summed E-state index contributed by atoms with van der Waals surface area (Å²) < 4.78 is 5.44. The average molecular weight is 374 g/mol. The maximum Gasteiger partial charge on any atom is 0.258 e. The molecular formula is C20H24ClN3O2. The van der Waals surface area contributed by atoms with Crippen LogP contribution in [0.3, 0.4) is 0 Å². The molecule has 1 fully saturated rings. The highest BCUT2D eigenvalue weighted by Crippen LogP contribution is 2.18. The Kier molecular flexibility index (Phi) is 6.36. The summed E-state index contributed by atoms with van der Waals surface area (Å²) >= 11 is 5.89. The fourth-order valence-electron chi connectivity index (χ4n) is 2.85. The van der Waals surface area contributed by atoms with E-state index in [2.05, 4.69) is 46.4 Å². The molecule has 0 saturated carbocycles. The molecular weight excluding hydrogens is 350 g/mol. The molecule has 0 aliphatic carbocycles. The smallest absolute Gasteiger partial charge is 0.258 e. The number of anilines is 1. The van der Waals surface area contributed by atoms with Gasteiger partial charge in [0.05, 0.1) is 0 Å². The summed E-state index contributed by atoms with van der Waals surface area (Å²) in [5.41, 5.74) is 2.30. The van der Waals surface area contributed by atoms with Crippen LogP contribution in [0.25, 0.3) is 0 Å². The van der Waals surface area contributed by atoms with E-state index in [0.29, 0.717) is 17.3 Å². The number of piperazine rings is 1. The molecule has 0 bridgehead atoms. The van der Waals surface area contributed by atoms with Crippen LogP contribution in [0, 0.1) is 0 Å². The molecule has 0 spiro atoms. The molecule has 2 aromatic carbocycles. The van der Waals surface area contributed by atoms with Crippen LogP contribution in [0.1, 0.15) is 5.56 Å². The van der Waals surface area contributed by atoms with Gasteiger partial charge in [0.15, 0.2) is 6.61 Å². The van der Waals surface area contributed by atoms with E-state index >= 15 is 0 Å². The van der Waals surface area contributed by atoms with Crippen LogP contribution < -0.4 is 15.0 Å². The Bertz CT molecular complexity index is 728. The van der Waals surface area contributed by atoms with Crippen molar-refractivity contribution in [2.24, 2.45) is 0 Å². The van der Waals surface area contributed by atoms with E-state index in [0.717, 1.165) is 31.7 Å². The van der Waals surface area contributed by atoms with Crippen LogP contribution in [0.4, 0.5) is 5.69 Å². The van der Waals surface area contributed by atoms with Crippen LogP contribution in [-0.4, -0.2) is 50.6 Å². The minimum atomic E-state index is -0.159. The molecule has 1 aliphatic rings. The first-order valence-corrected chi connectivity index (χ1v) is 9.15. The Morgan fingerprint density at radius 3 is 2.54 bits per heavy atom. The number of hydrogen-bond donors (Lipinski definition) is 1. The van der Waals surface area contributed by atoms with Crippen LogP contribution in [-0.2, 0) is 11.3 Å². The van der Waals surface area contributed by atoms with Crippen LogP contribution >= 0.6 is 11.6 Å². The topological polar surface area (TPSA) is 44.8 Å². The second kappa shape index (κ2) is 8.92. The zero-order chi connectivity index (χ0) is 18.4. The molecule has 3 rings (SSSR count). The van der Waals surface area contributed by atoms with E-state index in [4.69, 9.17) is 16.3 Å². The van der Waals surface area contributed by atoms with Gasteiger partial charge in [0, 0.05) is 43.4 Å². The molecule has 1 amide bonds. The van der Waals surface area contributed by atoms with Crippen molar-refractivity contribution in [2.45, 2.75) is 6.54 Å². The lowest BCUT2D eigenvalue weighted by Crippen LogP contribution is -2.44. The van der Waals surface area contributed by atoms with E-state index < -0.39 is 0 Å². The van der Waals surface area contributed by atoms with E-state index in [1.54, 1.807) is 24.3 Å². The quantitative estimate of drug-likeness (QED) is 0.845. The van der Waals surface area contributed by atoms with Crippen molar-refractivity contribution in [1.29, 1.82) is 0 Å². The molecule has 0 atom stereocenters. The Labute approximate surface area is 159 Å². The first-order valence-electron chi connectivity index (χ1n) is 8.78. The summed E-state index contributed by atoms with van der Waals surface area (Å²) in [5.74, 6) is 0.428. The van der Waals surface area contributed by atoms with Crippen LogP contribution in [0.5, 0.6) is 5.75 Å². The lowest BCUT2D eigenvalue weighted by Gasteiger charge is -2.34. The van der Waals surface area contributed by atoms with Gasteiger partial charge in [0.2, 0.25) is 0 Å². The zero-order valence-corrected chi connectivity index (χ0v) is 15.7. The molecule has 5 nitrogen and oxygen atoms in total. The number of nitrogens with zero attached hydrogens (tertiary/aromatic N) is 2. The van der Waals surface area contributed by atoms with Crippen LogP contribution in [0.2, 0.25) is 5.02 Å². The van der Waals surface area contributed by atoms with Gasteiger partial charge in [-0.05, 0) is 42.9 Å². The second-order valence-electron chi connectivity index (χ2n) is 6.48. The van der Waals surface area contributed by atoms with Gasteiger partial charge in [0.25, 0.3) is 5.91 Å². The maximum absolute atomic E-state index is 11.9. The lowest BCUT2D eigenvalue weighted by atomic mass is 10.2. The Morgan fingerprint density at radius 1 is 1.12 bits per heavy atom. The lowest BCUT2D eigenvalue weighted by molar-refractivity contribution is -0.123. The summed E-state index contributed by atoms with van der Waals surface area (Å²) in [6.07, 6.45) is 0. The van der Waals surface area contributed by atoms with Crippen molar-refractivity contribution in [3.8, 4) is 5.75 Å². The summed E-state index contributed by atoms with van der Waals surface area (Å²) in [6, 6.07) is 15.4. The molecule has 1 heterocycles. The number of carbonyl (C=O) groups is 1. The Morgan fingerprint density at radius 2 is 1.85 bits per heavy atom. The average Bonchev–Trinajstić information content (AvgIpc) is 2.66. The molecule has 0 aromatic heterocycles. The first kappa shape index (κ1) is 18.5. The maximum atomic E-state index is 11.9. The van der Waals surface area contributed by atoms with Crippen molar-refractivity contribution in [1.82, 2.24) is 10.2 Å². The van der Waals surface area contributed by atoms with Crippen molar-refractivity contribution in [3.63, 3.8) is 0 Å². The van der Waals surface area contributed by atoms with Gasteiger partial charge in [-0.15, -0.1) is 0 Å². The molecule has 1 aliphatic heterocycles. The second-order valence-corrected chi connectivity index (χ2v) is 6.92.